The molecule has 3 aromatic rings. The number of furan rings is 1. The standard InChI is InChI=1S/C16H18N4O2/c1-16(6-2-10-21-16)11-20-9-8-17-15(20)14-4-3-13(22-14)12-5-7-18-19-12/h3-5,7-9H,2,6,10-11H2,1H3,(H,18,19)/t16-/m1/s1. The van der Waals surface area contributed by atoms with E-state index in [4.69, 9.17) is 9.15 Å². The fourth-order valence-corrected chi connectivity index (χ4v) is 2.98. The van der Waals surface area contributed by atoms with Crippen molar-refractivity contribution in [2.24, 2.45) is 0 Å². The van der Waals surface area contributed by atoms with E-state index < -0.39 is 0 Å². The van der Waals surface area contributed by atoms with Gasteiger partial charge in [0.1, 0.15) is 5.69 Å². The van der Waals surface area contributed by atoms with Crippen molar-refractivity contribution in [3.8, 4) is 23.0 Å². The lowest BCUT2D eigenvalue weighted by Gasteiger charge is -2.24. The van der Waals surface area contributed by atoms with Crippen LogP contribution in [0.15, 0.2) is 41.2 Å². The van der Waals surface area contributed by atoms with Crippen LogP contribution in [-0.4, -0.2) is 32.0 Å². The smallest absolute Gasteiger partial charge is 0.176 e. The van der Waals surface area contributed by atoms with E-state index in [1.807, 2.05) is 24.4 Å². The number of hydrogen-bond donors (Lipinski definition) is 1. The molecule has 3 aromatic heterocycles. The van der Waals surface area contributed by atoms with Crippen LogP contribution in [0.4, 0.5) is 0 Å². The van der Waals surface area contributed by atoms with Crippen molar-refractivity contribution in [2.45, 2.75) is 31.9 Å². The average Bonchev–Trinajstić information content (AvgIpc) is 3.26. The third kappa shape index (κ3) is 2.35. The summed E-state index contributed by atoms with van der Waals surface area (Å²) in [6.07, 6.45) is 7.66. The van der Waals surface area contributed by atoms with Gasteiger partial charge in [-0.3, -0.25) is 5.10 Å². The molecule has 6 nitrogen and oxygen atoms in total. The molecule has 1 fully saturated rings. The number of aromatic amines is 1. The third-order valence-corrected chi connectivity index (χ3v) is 4.11. The first kappa shape index (κ1) is 13.3. The van der Waals surface area contributed by atoms with E-state index in [1.165, 1.54) is 0 Å². The minimum absolute atomic E-state index is 0.117. The van der Waals surface area contributed by atoms with E-state index >= 15 is 0 Å². The van der Waals surface area contributed by atoms with E-state index in [1.54, 1.807) is 12.4 Å². The van der Waals surface area contributed by atoms with E-state index in [9.17, 15) is 0 Å². The molecule has 4 heterocycles. The summed E-state index contributed by atoms with van der Waals surface area (Å²) in [5.74, 6) is 2.32. The van der Waals surface area contributed by atoms with Gasteiger partial charge in [0.25, 0.3) is 0 Å². The first-order valence-electron chi connectivity index (χ1n) is 7.49. The number of rotatable bonds is 4. The van der Waals surface area contributed by atoms with Crippen LogP contribution in [-0.2, 0) is 11.3 Å². The molecular formula is C16H18N4O2. The fourth-order valence-electron chi connectivity index (χ4n) is 2.98. The summed E-state index contributed by atoms with van der Waals surface area (Å²) >= 11 is 0. The number of ether oxygens (including phenoxy) is 1. The molecule has 1 aliphatic heterocycles. The molecule has 0 radical (unpaired) electrons. The second kappa shape index (κ2) is 5.14. The Morgan fingerprint density at radius 3 is 2.95 bits per heavy atom. The Morgan fingerprint density at radius 1 is 1.27 bits per heavy atom. The maximum atomic E-state index is 5.92. The maximum absolute atomic E-state index is 5.92. The van der Waals surface area contributed by atoms with Crippen LogP contribution in [0.2, 0.25) is 0 Å². The predicted molar refractivity (Wildman–Crippen MR) is 81.1 cm³/mol. The molecule has 0 bridgehead atoms. The van der Waals surface area contributed by atoms with Gasteiger partial charge in [-0.1, -0.05) is 0 Å². The lowest BCUT2D eigenvalue weighted by Crippen LogP contribution is -2.29. The molecule has 0 spiro atoms. The summed E-state index contributed by atoms with van der Waals surface area (Å²) in [6, 6.07) is 5.74. The zero-order valence-electron chi connectivity index (χ0n) is 12.5. The molecule has 0 unspecified atom stereocenters. The number of imidazole rings is 1. The van der Waals surface area contributed by atoms with Gasteiger partial charge in [0.05, 0.1) is 12.1 Å². The van der Waals surface area contributed by atoms with Crippen LogP contribution in [0.3, 0.4) is 0 Å². The molecule has 0 saturated carbocycles. The lowest BCUT2D eigenvalue weighted by molar-refractivity contribution is 0.00651. The van der Waals surface area contributed by atoms with Gasteiger partial charge < -0.3 is 13.7 Å². The third-order valence-electron chi connectivity index (χ3n) is 4.11. The molecule has 1 saturated heterocycles. The van der Waals surface area contributed by atoms with Gasteiger partial charge in [-0.2, -0.15) is 5.10 Å². The first-order chi connectivity index (χ1) is 10.7. The van der Waals surface area contributed by atoms with Gasteiger partial charge in [-0.15, -0.1) is 0 Å². The van der Waals surface area contributed by atoms with E-state index in [-0.39, 0.29) is 5.60 Å². The zero-order valence-corrected chi connectivity index (χ0v) is 12.5. The highest BCUT2D eigenvalue weighted by Gasteiger charge is 2.31. The van der Waals surface area contributed by atoms with Gasteiger partial charge in [-0.25, -0.2) is 4.98 Å². The summed E-state index contributed by atoms with van der Waals surface area (Å²) < 4.78 is 13.9. The Hall–Kier alpha value is -2.34. The summed E-state index contributed by atoms with van der Waals surface area (Å²) in [7, 11) is 0. The summed E-state index contributed by atoms with van der Waals surface area (Å²) in [6.45, 7) is 3.77. The van der Waals surface area contributed by atoms with Crippen molar-refractivity contribution in [2.75, 3.05) is 6.61 Å². The highest BCUT2D eigenvalue weighted by molar-refractivity contribution is 5.58. The Bertz CT molecular complexity index is 751. The van der Waals surface area contributed by atoms with Gasteiger partial charge >= 0.3 is 0 Å². The van der Waals surface area contributed by atoms with E-state index in [0.29, 0.717) is 0 Å². The molecule has 4 rings (SSSR count). The van der Waals surface area contributed by atoms with Crippen molar-refractivity contribution in [3.63, 3.8) is 0 Å². The van der Waals surface area contributed by atoms with E-state index in [2.05, 4.69) is 26.7 Å². The zero-order chi connectivity index (χ0) is 15.0. The first-order valence-corrected chi connectivity index (χ1v) is 7.49. The Morgan fingerprint density at radius 2 is 2.18 bits per heavy atom. The van der Waals surface area contributed by atoms with Crippen LogP contribution in [0.5, 0.6) is 0 Å². The van der Waals surface area contributed by atoms with Crippen LogP contribution in [0.25, 0.3) is 23.0 Å². The normalized spacial score (nSPS) is 21.5. The molecule has 1 aliphatic rings. The molecular weight excluding hydrogens is 280 g/mol. The number of nitrogens with zero attached hydrogens (tertiary/aromatic N) is 3. The highest BCUT2D eigenvalue weighted by atomic mass is 16.5. The molecule has 1 atom stereocenters. The van der Waals surface area contributed by atoms with Gasteiger partial charge in [0.2, 0.25) is 0 Å². The molecule has 0 aliphatic carbocycles. The van der Waals surface area contributed by atoms with Crippen LogP contribution >= 0.6 is 0 Å². The van der Waals surface area contributed by atoms with Gasteiger partial charge in [0, 0.05) is 25.2 Å². The Balaban J connectivity index is 1.62. The second-order valence-corrected chi connectivity index (χ2v) is 5.91. The van der Waals surface area contributed by atoms with Crippen molar-refractivity contribution in [3.05, 3.63) is 36.8 Å². The summed E-state index contributed by atoms with van der Waals surface area (Å²) in [5.41, 5.74) is 0.740. The summed E-state index contributed by atoms with van der Waals surface area (Å²) in [5, 5.41) is 6.84. The number of H-pyrrole nitrogens is 1. The molecule has 6 heteroatoms. The van der Waals surface area contributed by atoms with Crippen molar-refractivity contribution >= 4 is 0 Å². The van der Waals surface area contributed by atoms with Crippen molar-refractivity contribution in [1.82, 2.24) is 19.7 Å². The minimum atomic E-state index is -0.117. The largest absolute Gasteiger partial charge is 0.451 e. The Kier molecular flexibility index (Phi) is 3.11. The average molecular weight is 298 g/mol. The van der Waals surface area contributed by atoms with Crippen molar-refractivity contribution < 1.29 is 9.15 Å². The molecule has 22 heavy (non-hydrogen) atoms. The van der Waals surface area contributed by atoms with E-state index in [0.717, 1.165) is 49.0 Å². The fraction of sp³-hybridized carbons (Fsp3) is 0.375. The number of hydrogen-bond acceptors (Lipinski definition) is 4. The van der Waals surface area contributed by atoms with Gasteiger partial charge in [0.15, 0.2) is 17.3 Å². The topological polar surface area (TPSA) is 68.9 Å². The van der Waals surface area contributed by atoms with Gasteiger partial charge in [-0.05, 0) is 38.0 Å². The van der Waals surface area contributed by atoms with Crippen LogP contribution < -0.4 is 0 Å². The lowest BCUT2D eigenvalue weighted by atomic mass is 10.0. The summed E-state index contributed by atoms with van der Waals surface area (Å²) in [4.78, 5) is 4.44. The second-order valence-electron chi connectivity index (χ2n) is 5.91. The number of nitrogens with one attached hydrogen (secondary N) is 1. The molecule has 0 amide bonds. The van der Waals surface area contributed by atoms with Crippen molar-refractivity contribution in [1.29, 1.82) is 0 Å². The molecule has 114 valence electrons. The monoisotopic (exact) mass is 298 g/mol. The number of aromatic nitrogens is 4. The maximum Gasteiger partial charge on any atom is 0.176 e. The SMILES string of the molecule is C[C@]1(Cn2ccnc2-c2ccc(-c3ccn[nH]3)o2)CCCO1. The molecule has 0 aromatic carbocycles. The van der Waals surface area contributed by atoms with Crippen LogP contribution in [0.1, 0.15) is 19.8 Å². The van der Waals surface area contributed by atoms with Crippen LogP contribution in [0, 0.1) is 0 Å². The minimum Gasteiger partial charge on any atom is -0.451 e. The molecule has 1 N–H and O–H groups in total. The highest BCUT2D eigenvalue weighted by Crippen LogP contribution is 2.30. The quantitative estimate of drug-likeness (QED) is 0.803. The predicted octanol–water partition coefficient (Wildman–Crippen LogP) is 3.10. The Labute approximate surface area is 128 Å².